The van der Waals surface area contributed by atoms with Crippen LogP contribution >= 0.6 is 23.2 Å². The van der Waals surface area contributed by atoms with Crippen molar-refractivity contribution in [3.05, 3.63) is 39.5 Å². The van der Waals surface area contributed by atoms with Gasteiger partial charge in [0.25, 0.3) is 0 Å². The first-order valence-corrected chi connectivity index (χ1v) is 6.69. The van der Waals surface area contributed by atoms with Gasteiger partial charge in [0.1, 0.15) is 5.82 Å². The standard InChI is InChI=1S/C13H13Cl2N3O2/c1-3-20-13(19)11-7(2)12(16)18(17-11)10-5-4-8(14)6-9(10)15/h4-6H,3,16H2,1-2H3. The van der Waals surface area contributed by atoms with E-state index >= 15 is 0 Å². The molecule has 1 heterocycles. The predicted octanol–water partition coefficient (Wildman–Crippen LogP) is 3.25. The number of hydrogen-bond donors (Lipinski definition) is 1. The smallest absolute Gasteiger partial charge is 0.359 e. The molecule has 2 rings (SSSR count). The highest BCUT2D eigenvalue weighted by atomic mass is 35.5. The Balaban J connectivity index is 2.53. The van der Waals surface area contributed by atoms with Gasteiger partial charge < -0.3 is 10.5 Å². The lowest BCUT2D eigenvalue weighted by molar-refractivity contribution is 0.0518. The van der Waals surface area contributed by atoms with Gasteiger partial charge in [0.2, 0.25) is 0 Å². The van der Waals surface area contributed by atoms with Crippen molar-refractivity contribution >= 4 is 35.0 Å². The van der Waals surface area contributed by atoms with Crippen molar-refractivity contribution in [1.82, 2.24) is 9.78 Å². The third-order valence-electron chi connectivity index (χ3n) is 2.77. The van der Waals surface area contributed by atoms with E-state index in [1.54, 1.807) is 32.0 Å². The van der Waals surface area contributed by atoms with Gasteiger partial charge in [-0.15, -0.1) is 0 Å². The molecule has 106 valence electrons. The van der Waals surface area contributed by atoms with Gasteiger partial charge in [0, 0.05) is 10.6 Å². The number of nitrogen functional groups attached to an aromatic ring is 1. The third-order valence-corrected chi connectivity index (χ3v) is 3.31. The van der Waals surface area contributed by atoms with Crippen LogP contribution in [0.1, 0.15) is 23.0 Å². The maximum atomic E-state index is 11.8. The Morgan fingerprint density at radius 2 is 2.15 bits per heavy atom. The van der Waals surface area contributed by atoms with Crippen molar-refractivity contribution in [1.29, 1.82) is 0 Å². The second-order valence-electron chi connectivity index (χ2n) is 4.09. The largest absolute Gasteiger partial charge is 0.461 e. The van der Waals surface area contributed by atoms with Gasteiger partial charge in [-0.05, 0) is 32.0 Å². The maximum Gasteiger partial charge on any atom is 0.359 e. The number of anilines is 1. The van der Waals surface area contributed by atoms with Gasteiger partial charge >= 0.3 is 5.97 Å². The topological polar surface area (TPSA) is 70.1 Å². The van der Waals surface area contributed by atoms with Crippen LogP contribution in [-0.2, 0) is 4.74 Å². The quantitative estimate of drug-likeness (QED) is 0.883. The molecule has 0 radical (unpaired) electrons. The summed E-state index contributed by atoms with van der Waals surface area (Å²) < 4.78 is 6.34. The lowest BCUT2D eigenvalue weighted by Gasteiger charge is -2.06. The maximum absolute atomic E-state index is 11.8. The van der Waals surface area contributed by atoms with Crippen LogP contribution in [0.2, 0.25) is 10.0 Å². The van der Waals surface area contributed by atoms with Crippen molar-refractivity contribution in [2.75, 3.05) is 12.3 Å². The van der Waals surface area contributed by atoms with E-state index in [0.717, 1.165) is 0 Å². The third kappa shape index (κ3) is 2.59. The van der Waals surface area contributed by atoms with Gasteiger partial charge in [-0.1, -0.05) is 23.2 Å². The minimum Gasteiger partial charge on any atom is -0.461 e. The van der Waals surface area contributed by atoms with Gasteiger partial charge in [-0.25, -0.2) is 9.48 Å². The van der Waals surface area contributed by atoms with E-state index in [-0.39, 0.29) is 12.3 Å². The van der Waals surface area contributed by atoms with Crippen LogP contribution in [0.25, 0.3) is 5.69 Å². The van der Waals surface area contributed by atoms with E-state index in [1.807, 2.05) is 0 Å². The Morgan fingerprint density at radius 3 is 2.75 bits per heavy atom. The number of rotatable bonds is 3. The summed E-state index contributed by atoms with van der Waals surface area (Å²) in [6.45, 7) is 3.70. The molecule has 1 aromatic carbocycles. The number of ether oxygens (including phenoxy) is 1. The molecule has 0 spiro atoms. The molecule has 0 fully saturated rings. The van der Waals surface area contributed by atoms with E-state index in [4.69, 9.17) is 33.7 Å². The number of carbonyl (C=O) groups is 1. The molecule has 0 saturated heterocycles. The molecule has 0 saturated carbocycles. The highest BCUT2D eigenvalue weighted by Gasteiger charge is 2.21. The fraction of sp³-hybridized carbons (Fsp3) is 0.231. The molecule has 0 aliphatic rings. The molecule has 2 aromatic rings. The lowest BCUT2D eigenvalue weighted by Crippen LogP contribution is -2.08. The van der Waals surface area contributed by atoms with Crippen LogP contribution in [-0.4, -0.2) is 22.4 Å². The number of halogens is 2. The van der Waals surface area contributed by atoms with Crippen LogP contribution in [0.3, 0.4) is 0 Å². The zero-order valence-electron chi connectivity index (χ0n) is 11.0. The highest BCUT2D eigenvalue weighted by molar-refractivity contribution is 6.35. The zero-order chi connectivity index (χ0) is 14.9. The summed E-state index contributed by atoms with van der Waals surface area (Å²) in [5, 5.41) is 5.08. The number of benzene rings is 1. The zero-order valence-corrected chi connectivity index (χ0v) is 12.5. The van der Waals surface area contributed by atoms with E-state index < -0.39 is 5.97 Å². The summed E-state index contributed by atoms with van der Waals surface area (Å²) in [5.41, 5.74) is 7.25. The first-order valence-electron chi connectivity index (χ1n) is 5.93. The molecular formula is C13H13Cl2N3O2. The average molecular weight is 314 g/mol. The summed E-state index contributed by atoms with van der Waals surface area (Å²) in [6.07, 6.45) is 0. The summed E-state index contributed by atoms with van der Waals surface area (Å²) in [4.78, 5) is 11.8. The fourth-order valence-corrected chi connectivity index (χ4v) is 2.23. The number of aromatic nitrogens is 2. The number of hydrogen-bond acceptors (Lipinski definition) is 4. The number of esters is 1. The number of nitrogens with zero attached hydrogens (tertiary/aromatic N) is 2. The minimum atomic E-state index is -0.513. The Kier molecular flexibility index (Phi) is 4.20. The molecule has 0 amide bonds. The second kappa shape index (κ2) is 5.73. The molecule has 20 heavy (non-hydrogen) atoms. The van der Waals surface area contributed by atoms with Crippen LogP contribution in [0.15, 0.2) is 18.2 Å². The van der Waals surface area contributed by atoms with Crippen LogP contribution in [0.5, 0.6) is 0 Å². The highest BCUT2D eigenvalue weighted by Crippen LogP contribution is 2.28. The summed E-state index contributed by atoms with van der Waals surface area (Å²) in [7, 11) is 0. The van der Waals surface area contributed by atoms with Crippen LogP contribution in [0, 0.1) is 6.92 Å². The van der Waals surface area contributed by atoms with Gasteiger partial charge in [-0.2, -0.15) is 5.10 Å². The van der Waals surface area contributed by atoms with Gasteiger partial charge in [-0.3, -0.25) is 0 Å². The average Bonchev–Trinajstić information content (AvgIpc) is 2.67. The molecule has 5 nitrogen and oxygen atoms in total. The van der Waals surface area contributed by atoms with E-state index in [1.165, 1.54) is 4.68 Å². The molecule has 0 unspecified atom stereocenters. The molecule has 0 atom stereocenters. The minimum absolute atomic E-state index is 0.176. The summed E-state index contributed by atoms with van der Waals surface area (Å²) in [5.74, 6) is -0.183. The van der Waals surface area contributed by atoms with Gasteiger partial charge in [0.05, 0.1) is 17.3 Å². The number of carbonyl (C=O) groups excluding carboxylic acids is 1. The molecule has 0 bridgehead atoms. The predicted molar refractivity (Wildman–Crippen MR) is 78.7 cm³/mol. The van der Waals surface area contributed by atoms with Crippen LogP contribution < -0.4 is 5.73 Å². The Morgan fingerprint density at radius 1 is 1.45 bits per heavy atom. The fourth-order valence-electron chi connectivity index (χ4n) is 1.74. The Bertz CT molecular complexity index is 668. The normalized spacial score (nSPS) is 10.6. The van der Waals surface area contributed by atoms with Crippen molar-refractivity contribution in [3.63, 3.8) is 0 Å². The number of nitrogens with two attached hydrogens (primary N) is 1. The van der Waals surface area contributed by atoms with Gasteiger partial charge in [0.15, 0.2) is 5.69 Å². The molecule has 2 N–H and O–H groups in total. The summed E-state index contributed by atoms with van der Waals surface area (Å²) >= 11 is 12.0. The van der Waals surface area contributed by atoms with Crippen molar-refractivity contribution in [2.24, 2.45) is 0 Å². The molecule has 1 aromatic heterocycles. The molecule has 7 heteroatoms. The molecule has 0 aliphatic heterocycles. The van der Waals surface area contributed by atoms with Crippen molar-refractivity contribution < 1.29 is 9.53 Å². The molecular weight excluding hydrogens is 301 g/mol. The first-order chi connectivity index (χ1) is 9.45. The van der Waals surface area contributed by atoms with E-state index in [9.17, 15) is 4.79 Å². The monoisotopic (exact) mass is 313 g/mol. The lowest BCUT2D eigenvalue weighted by atomic mass is 10.2. The van der Waals surface area contributed by atoms with Crippen molar-refractivity contribution in [3.8, 4) is 5.69 Å². The Hall–Kier alpha value is -1.72. The van der Waals surface area contributed by atoms with E-state index in [0.29, 0.717) is 27.1 Å². The van der Waals surface area contributed by atoms with E-state index in [2.05, 4.69) is 5.10 Å². The Labute approximate surface area is 126 Å². The SMILES string of the molecule is CCOC(=O)c1nn(-c2ccc(Cl)cc2Cl)c(N)c1C. The summed E-state index contributed by atoms with van der Waals surface area (Å²) in [6, 6.07) is 4.94. The van der Waals surface area contributed by atoms with Crippen molar-refractivity contribution in [2.45, 2.75) is 13.8 Å². The first kappa shape index (κ1) is 14.7. The van der Waals surface area contributed by atoms with Crippen LogP contribution in [0.4, 0.5) is 5.82 Å². The second-order valence-corrected chi connectivity index (χ2v) is 4.93. The molecule has 0 aliphatic carbocycles.